The molecule has 1 aliphatic rings. The molecule has 144 valence electrons. The predicted molar refractivity (Wildman–Crippen MR) is 103 cm³/mol. The largest absolute Gasteiger partial charge is 0.493 e. The van der Waals surface area contributed by atoms with Crippen molar-refractivity contribution in [3.8, 4) is 17.2 Å². The Kier molecular flexibility index (Phi) is 6.19. The van der Waals surface area contributed by atoms with Gasteiger partial charge in [-0.15, -0.1) is 0 Å². The molecule has 1 amide bonds. The Balaban J connectivity index is 1.82. The van der Waals surface area contributed by atoms with Crippen LogP contribution in [0.1, 0.15) is 22.3 Å². The van der Waals surface area contributed by atoms with Gasteiger partial charge in [-0.3, -0.25) is 4.79 Å². The van der Waals surface area contributed by atoms with E-state index in [-0.39, 0.29) is 5.91 Å². The number of benzene rings is 2. The number of carbonyl (C=O) groups is 1. The highest BCUT2D eigenvalue weighted by atomic mass is 16.5. The molecular weight excluding hydrogens is 344 g/mol. The highest BCUT2D eigenvalue weighted by Gasteiger charge is 2.27. The van der Waals surface area contributed by atoms with Crippen LogP contribution in [0.25, 0.3) is 0 Å². The van der Waals surface area contributed by atoms with Gasteiger partial charge in [0.15, 0.2) is 11.5 Å². The number of hydrogen-bond acceptors (Lipinski definition) is 5. The molecule has 2 aromatic rings. The fourth-order valence-corrected chi connectivity index (χ4v) is 3.27. The Labute approximate surface area is 159 Å². The van der Waals surface area contributed by atoms with Crippen LogP contribution in [0.2, 0.25) is 0 Å². The van der Waals surface area contributed by atoms with Crippen molar-refractivity contribution >= 4 is 5.91 Å². The molecule has 27 heavy (non-hydrogen) atoms. The zero-order valence-corrected chi connectivity index (χ0v) is 15.8. The van der Waals surface area contributed by atoms with Crippen molar-refractivity contribution in [3.63, 3.8) is 0 Å². The maximum absolute atomic E-state index is 12.9. The molecule has 1 atom stereocenters. The molecule has 1 fully saturated rings. The SMILES string of the molecule is COc1cc(C(=O)N2CCC(CN)C2)cc(OC)c1OCc1ccccc1. The molecule has 0 aliphatic carbocycles. The fourth-order valence-electron chi connectivity index (χ4n) is 3.27. The highest BCUT2D eigenvalue weighted by Crippen LogP contribution is 2.39. The average Bonchev–Trinajstić information content (AvgIpc) is 3.21. The molecule has 0 saturated carbocycles. The lowest BCUT2D eigenvalue weighted by Crippen LogP contribution is -2.29. The molecule has 0 spiro atoms. The fraction of sp³-hybridized carbons (Fsp3) is 0.381. The molecule has 2 N–H and O–H groups in total. The van der Waals surface area contributed by atoms with Gasteiger partial charge < -0.3 is 24.8 Å². The first-order valence-corrected chi connectivity index (χ1v) is 9.08. The maximum Gasteiger partial charge on any atom is 0.254 e. The molecule has 3 rings (SSSR count). The second-order valence-corrected chi connectivity index (χ2v) is 6.63. The second-order valence-electron chi connectivity index (χ2n) is 6.63. The number of nitrogens with two attached hydrogens (primary N) is 1. The van der Waals surface area contributed by atoms with Gasteiger partial charge in [0, 0.05) is 18.7 Å². The van der Waals surface area contributed by atoms with Crippen molar-refractivity contribution < 1.29 is 19.0 Å². The Hall–Kier alpha value is -2.73. The number of rotatable bonds is 7. The van der Waals surface area contributed by atoms with E-state index in [1.807, 2.05) is 35.2 Å². The van der Waals surface area contributed by atoms with E-state index in [0.29, 0.717) is 48.4 Å². The van der Waals surface area contributed by atoms with Gasteiger partial charge in [0.05, 0.1) is 14.2 Å². The summed E-state index contributed by atoms with van der Waals surface area (Å²) in [6, 6.07) is 13.3. The van der Waals surface area contributed by atoms with E-state index in [0.717, 1.165) is 18.5 Å². The summed E-state index contributed by atoms with van der Waals surface area (Å²) in [6.07, 6.45) is 0.939. The van der Waals surface area contributed by atoms with Crippen LogP contribution >= 0.6 is 0 Å². The first kappa shape index (κ1) is 19.0. The van der Waals surface area contributed by atoms with E-state index >= 15 is 0 Å². The summed E-state index contributed by atoms with van der Waals surface area (Å²) in [5.41, 5.74) is 7.29. The number of amides is 1. The minimum Gasteiger partial charge on any atom is -0.493 e. The van der Waals surface area contributed by atoms with Gasteiger partial charge in [0.1, 0.15) is 6.61 Å². The predicted octanol–water partition coefficient (Wildman–Crippen LogP) is 2.70. The Morgan fingerprint density at radius 2 is 1.81 bits per heavy atom. The van der Waals surface area contributed by atoms with Crippen LogP contribution in [0, 0.1) is 5.92 Å². The first-order valence-electron chi connectivity index (χ1n) is 9.08. The molecule has 2 aromatic carbocycles. The lowest BCUT2D eigenvalue weighted by molar-refractivity contribution is 0.0786. The number of hydrogen-bond donors (Lipinski definition) is 1. The van der Waals surface area contributed by atoms with Crippen molar-refractivity contribution in [2.24, 2.45) is 11.7 Å². The molecule has 0 radical (unpaired) electrons. The van der Waals surface area contributed by atoms with E-state index in [1.165, 1.54) is 0 Å². The molecule has 1 heterocycles. The number of carbonyl (C=O) groups excluding carboxylic acids is 1. The minimum atomic E-state index is -0.0443. The van der Waals surface area contributed by atoms with Gasteiger partial charge in [-0.1, -0.05) is 30.3 Å². The zero-order chi connectivity index (χ0) is 19.2. The van der Waals surface area contributed by atoms with Crippen LogP contribution in [0.5, 0.6) is 17.2 Å². The summed E-state index contributed by atoms with van der Waals surface area (Å²) in [5, 5.41) is 0. The summed E-state index contributed by atoms with van der Waals surface area (Å²) in [5.74, 6) is 1.76. The lowest BCUT2D eigenvalue weighted by Gasteiger charge is -2.19. The molecule has 1 saturated heterocycles. The highest BCUT2D eigenvalue weighted by molar-refractivity contribution is 5.95. The third kappa shape index (κ3) is 4.34. The van der Waals surface area contributed by atoms with Crippen LogP contribution in [-0.2, 0) is 6.61 Å². The third-order valence-corrected chi connectivity index (χ3v) is 4.84. The minimum absolute atomic E-state index is 0.0443. The molecular formula is C21H26N2O4. The number of likely N-dealkylation sites (tertiary alicyclic amines) is 1. The number of nitrogens with zero attached hydrogens (tertiary/aromatic N) is 1. The summed E-state index contributed by atoms with van der Waals surface area (Å²) in [6.45, 7) is 2.39. The molecule has 1 aliphatic heterocycles. The quantitative estimate of drug-likeness (QED) is 0.811. The normalized spacial score (nSPS) is 16.3. The van der Waals surface area contributed by atoms with E-state index in [4.69, 9.17) is 19.9 Å². The molecule has 0 bridgehead atoms. The van der Waals surface area contributed by atoms with E-state index in [1.54, 1.807) is 26.4 Å². The number of methoxy groups -OCH3 is 2. The summed E-state index contributed by atoms with van der Waals surface area (Å²) in [7, 11) is 3.11. The maximum atomic E-state index is 12.9. The van der Waals surface area contributed by atoms with Crippen LogP contribution in [0.4, 0.5) is 0 Å². The van der Waals surface area contributed by atoms with Crippen molar-refractivity contribution in [2.75, 3.05) is 33.9 Å². The Morgan fingerprint density at radius 1 is 1.15 bits per heavy atom. The zero-order valence-electron chi connectivity index (χ0n) is 15.8. The van der Waals surface area contributed by atoms with Gasteiger partial charge in [0.25, 0.3) is 5.91 Å². The van der Waals surface area contributed by atoms with Crippen LogP contribution in [0.3, 0.4) is 0 Å². The standard InChI is InChI=1S/C21H26N2O4/c1-25-18-10-17(21(24)23-9-8-16(12-22)13-23)11-19(26-2)20(18)27-14-15-6-4-3-5-7-15/h3-7,10-11,16H,8-9,12-14,22H2,1-2H3. The molecule has 1 unspecified atom stereocenters. The monoisotopic (exact) mass is 370 g/mol. The first-order chi connectivity index (χ1) is 13.2. The van der Waals surface area contributed by atoms with E-state index < -0.39 is 0 Å². The Morgan fingerprint density at radius 3 is 2.37 bits per heavy atom. The van der Waals surface area contributed by atoms with Gasteiger partial charge in [-0.2, -0.15) is 0 Å². The molecule has 0 aromatic heterocycles. The third-order valence-electron chi connectivity index (χ3n) is 4.84. The van der Waals surface area contributed by atoms with E-state index in [2.05, 4.69) is 0 Å². The van der Waals surface area contributed by atoms with Crippen LogP contribution in [-0.4, -0.2) is 44.7 Å². The second kappa shape index (κ2) is 8.77. The average molecular weight is 370 g/mol. The van der Waals surface area contributed by atoms with Gasteiger partial charge in [0.2, 0.25) is 5.75 Å². The number of ether oxygens (including phenoxy) is 3. The summed E-state index contributed by atoms with van der Waals surface area (Å²) >= 11 is 0. The lowest BCUT2D eigenvalue weighted by atomic mass is 10.1. The van der Waals surface area contributed by atoms with Crippen LogP contribution < -0.4 is 19.9 Å². The van der Waals surface area contributed by atoms with Gasteiger partial charge in [-0.25, -0.2) is 0 Å². The summed E-state index contributed by atoms with van der Waals surface area (Å²) in [4.78, 5) is 14.7. The van der Waals surface area contributed by atoms with Crippen molar-refractivity contribution in [1.82, 2.24) is 4.90 Å². The van der Waals surface area contributed by atoms with Crippen molar-refractivity contribution in [2.45, 2.75) is 13.0 Å². The summed E-state index contributed by atoms with van der Waals surface area (Å²) < 4.78 is 16.9. The van der Waals surface area contributed by atoms with Gasteiger partial charge >= 0.3 is 0 Å². The Bertz CT molecular complexity index is 754. The topological polar surface area (TPSA) is 74.0 Å². The van der Waals surface area contributed by atoms with Crippen molar-refractivity contribution in [1.29, 1.82) is 0 Å². The van der Waals surface area contributed by atoms with Crippen molar-refractivity contribution in [3.05, 3.63) is 53.6 Å². The van der Waals surface area contributed by atoms with Gasteiger partial charge in [-0.05, 0) is 36.6 Å². The van der Waals surface area contributed by atoms with E-state index in [9.17, 15) is 4.79 Å². The smallest absolute Gasteiger partial charge is 0.254 e. The van der Waals surface area contributed by atoms with Crippen LogP contribution in [0.15, 0.2) is 42.5 Å². The molecule has 6 nitrogen and oxygen atoms in total. The molecule has 6 heteroatoms.